The van der Waals surface area contributed by atoms with Crippen molar-refractivity contribution in [3.8, 4) is 23.1 Å². The molecule has 0 unspecified atom stereocenters. The molecule has 0 bridgehead atoms. The van der Waals surface area contributed by atoms with Crippen molar-refractivity contribution in [2.24, 2.45) is 0 Å². The van der Waals surface area contributed by atoms with Gasteiger partial charge in [-0.3, -0.25) is 4.98 Å². The van der Waals surface area contributed by atoms with E-state index in [0.717, 1.165) is 28.8 Å². The molecule has 0 amide bonds. The Bertz CT molecular complexity index is 1350. The number of nitriles is 1. The van der Waals surface area contributed by atoms with E-state index < -0.39 is 17.2 Å². The fourth-order valence-electron chi connectivity index (χ4n) is 3.64. The summed E-state index contributed by atoms with van der Waals surface area (Å²) >= 11 is 0. The van der Waals surface area contributed by atoms with Crippen molar-refractivity contribution >= 4 is 10.8 Å². The lowest BCUT2D eigenvalue weighted by Crippen LogP contribution is -1.99. The third-order valence-corrected chi connectivity index (χ3v) is 5.33. The highest BCUT2D eigenvalue weighted by Gasteiger charge is 2.13. The number of ether oxygens (including phenoxy) is 1. The summed E-state index contributed by atoms with van der Waals surface area (Å²) in [7, 11) is 0. The first kappa shape index (κ1) is 22.1. The average molecular weight is 444 g/mol. The van der Waals surface area contributed by atoms with Gasteiger partial charge in [0, 0.05) is 10.9 Å². The number of nitrogens with zero attached hydrogens (tertiary/aromatic N) is 2. The van der Waals surface area contributed by atoms with E-state index in [4.69, 9.17) is 10.00 Å². The molecule has 0 saturated carbocycles. The Hall–Kier alpha value is -4.11. The van der Waals surface area contributed by atoms with Crippen LogP contribution in [0.25, 0.3) is 22.0 Å². The third kappa shape index (κ3) is 4.73. The quantitative estimate of drug-likeness (QED) is 0.304. The van der Waals surface area contributed by atoms with Crippen molar-refractivity contribution in [1.29, 1.82) is 5.26 Å². The number of aromatic nitrogens is 1. The summed E-state index contributed by atoms with van der Waals surface area (Å²) in [5.74, 6) is -1.55. The van der Waals surface area contributed by atoms with E-state index in [9.17, 15) is 8.78 Å². The predicted octanol–water partition coefficient (Wildman–Crippen LogP) is 6.54. The van der Waals surface area contributed by atoms with Gasteiger partial charge in [0.25, 0.3) is 0 Å². The Morgan fingerprint density at radius 2 is 1.76 bits per heavy atom. The zero-order valence-corrected chi connectivity index (χ0v) is 17.6. The van der Waals surface area contributed by atoms with E-state index in [1.807, 2.05) is 24.3 Å². The van der Waals surface area contributed by atoms with Crippen LogP contribution in [0.2, 0.25) is 0 Å². The minimum absolute atomic E-state index is 0.240. The van der Waals surface area contributed by atoms with Crippen molar-refractivity contribution in [2.45, 2.75) is 12.8 Å². The molecule has 6 heteroatoms. The van der Waals surface area contributed by atoms with E-state index in [-0.39, 0.29) is 18.7 Å². The second-order valence-electron chi connectivity index (χ2n) is 7.50. The fourth-order valence-corrected chi connectivity index (χ4v) is 3.64. The molecule has 0 aliphatic rings. The Labute approximate surface area is 189 Å². The SMILES string of the molecule is C=CCOc1ccc(-c2ccc3c(F)c(CCc4cc(F)c(C#N)c(F)c4)ccc3c2)nc1. The molecule has 4 aromatic rings. The second-order valence-corrected chi connectivity index (χ2v) is 7.50. The molecule has 0 spiro atoms. The van der Waals surface area contributed by atoms with Crippen molar-refractivity contribution in [2.75, 3.05) is 6.61 Å². The molecule has 0 aliphatic carbocycles. The molecule has 3 aromatic carbocycles. The standard InChI is InChI=1S/C27H19F3N2O/c1-2-11-33-21-8-10-26(32-16-21)20-7-9-22-19(14-20)6-5-18(27(22)30)4-3-17-12-24(28)23(15-31)25(29)13-17/h2,5-10,12-14,16H,1,3-4,11H2. The van der Waals surface area contributed by atoms with Crippen LogP contribution in [0.4, 0.5) is 13.2 Å². The first-order valence-electron chi connectivity index (χ1n) is 10.3. The summed E-state index contributed by atoms with van der Waals surface area (Å²) in [6.07, 6.45) is 3.79. The van der Waals surface area contributed by atoms with Crippen molar-refractivity contribution in [3.63, 3.8) is 0 Å². The molecule has 0 radical (unpaired) electrons. The normalized spacial score (nSPS) is 10.7. The maximum Gasteiger partial charge on any atom is 0.144 e. The molecular formula is C27H19F3N2O. The van der Waals surface area contributed by atoms with Gasteiger partial charge in [-0.1, -0.05) is 36.9 Å². The Morgan fingerprint density at radius 3 is 2.42 bits per heavy atom. The molecule has 1 aromatic heterocycles. The summed E-state index contributed by atoms with van der Waals surface area (Å²) in [6, 6.07) is 16.2. The number of halogens is 3. The number of fused-ring (bicyclic) bond motifs is 1. The lowest BCUT2D eigenvalue weighted by Gasteiger charge is -2.10. The topological polar surface area (TPSA) is 45.9 Å². The molecule has 33 heavy (non-hydrogen) atoms. The van der Waals surface area contributed by atoms with E-state index in [2.05, 4.69) is 11.6 Å². The van der Waals surface area contributed by atoms with Gasteiger partial charge in [-0.05, 0) is 59.7 Å². The maximum atomic E-state index is 15.1. The maximum absolute atomic E-state index is 15.1. The Balaban J connectivity index is 1.55. The van der Waals surface area contributed by atoms with Crippen LogP contribution >= 0.6 is 0 Å². The van der Waals surface area contributed by atoms with Gasteiger partial charge in [0.05, 0.1) is 11.9 Å². The minimum atomic E-state index is -0.909. The lowest BCUT2D eigenvalue weighted by molar-refractivity contribution is 0.362. The van der Waals surface area contributed by atoms with Crippen LogP contribution in [0.3, 0.4) is 0 Å². The van der Waals surface area contributed by atoms with Crippen molar-refractivity contribution < 1.29 is 17.9 Å². The van der Waals surface area contributed by atoms with Crippen LogP contribution in [0.15, 0.2) is 73.4 Å². The number of benzene rings is 3. The third-order valence-electron chi connectivity index (χ3n) is 5.33. The van der Waals surface area contributed by atoms with Crippen molar-refractivity contribution in [1.82, 2.24) is 4.98 Å². The van der Waals surface area contributed by atoms with E-state index in [1.165, 1.54) is 6.07 Å². The van der Waals surface area contributed by atoms with Gasteiger partial charge in [0.1, 0.15) is 41.4 Å². The van der Waals surface area contributed by atoms with Gasteiger partial charge >= 0.3 is 0 Å². The highest BCUT2D eigenvalue weighted by Crippen LogP contribution is 2.28. The zero-order chi connectivity index (χ0) is 23.4. The molecule has 0 aliphatic heterocycles. The molecule has 0 N–H and O–H groups in total. The number of hydrogen-bond donors (Lipinski definition) is 0. The highest BCUT2D eigenvalue weighted by molar-refractivity contribution is 5.88. The predicted molar refractivity (Wildman–Crippen MR) is 121 cm³/mol. The smallest absolute Gasteiger partial charge is 0.144 e. The fraction of sp³-hybridized carbons (Fsp3) is 0.111. The first-order chi connectivity index (χ1) is 16.0. The molecule has 3 nitrogen and oxygen atoms in total. The Morgan fingerprint density at radius 1 is 0.970 bits per heavy atom. The van der Waals surface area contributed by atoms with Gasteiger partial charge in [-0.15, -0.1) is 0 Å². The summed E-state index contributed by atoms with van der Waals surface area (Å²) in [5.41, 5.74) is 1.78. The largest absolute Gasteiger partial charge is 0.488 e. The van der Waals surface area contributed by atoms with Gasteiger partial charge in [-0.2, -0.15) is 5.26 Å². The molecule has 1 heterocycles. The summed E-state index contributed by atoms with van der Waals surface area (Å²) in [5, 5.41) is 9.96. The molecule has 0 atom stereocenters. The van der Waals surface area contributed by atoms with Crippen LogP contribution in [-0.4, -0.2) is 11.6 Å². The van der Waals surface area contributed by atoms with E-state index in [0.29, 0.717) is 28.9 Å². The average Bonchev–Trinajstić information content (AvgIpc) is 2.82. The number of pyridine rings is 1. The molecule has 0 fully saturated rings. The van der Waals surface area contributed by atoms with Crippen LogP contribution in [0.5, 0.6) is 5.75 Å². The van der Waals surface area contributed by atoms with Gasteiger partial charge < -0.3 is 4.74 Å². The molecule has 4 rings (SSSR count). The monoisotopic (exact) mass is 444 g/mol. The van der Waals surface area contributed by atoms with E-state index in [1.54, 1.807) is 30.5 Å². The van der Waals surface area contributed by atoms with Crippen LogP contribution in [-0.2, 0) is 12.8 Å². The second kappa shape index (κ2) is 9.58. The van der Waals surface area contributed by atoms with Crippen LogP contribution in [0.1, 0.15) is 16.7 Å². The zero-order valence-electron chi connectivity index (χ0n) is 17.6. The first-order valence-corrected chi connectivity index (χ1v) is 10.3. The molecule has 0 saturated heterocycles. The number of hydrogen-bond acceptors (Lipinski definition) is 3. The summed E-state index contributed by atoms with van der Waals surface area (Å²) in [6.45, 7) is 4.00. The summed E-state index contributed by atoms with van der Waals surface area (Å²) in [4.78, 5) is 4.40. The van der Waals surface area contributed by atoms with Gasteiger partial charge in [0.2, 0.25) is 0 Å². The molecule has 164 valence electrons. The van der Waals surface area contributed by atoms with Crippen LogP contribution < -0.4 is 4.74 Å². The number of rotatable bonds is 7. The minimum Gasteiger partial charge on any atom is -0.488 e. The van der Waals surface area contributed by atoms with E-state index >= 15 is 4.39 Å². The van der Waals surface area contributed by atoms with Crippen molar-refractivity contribution in [3.05, 3.63) is 108 Å². The lowest BCUT2D eigenvalue weighted by atomic mass is 9.98. The highest BCUT2D eigenvalue weighted by atomic mass is 19.1. The summed E-state index contributed by atoms with van der Waals surface area (Å²) < 4.78 is 48.2. The van der Waals surface area contributed by atoms with Crippen LogP contribution in [0, 0.1) is 28.8 Å². The van der Waals surface area contributed by atoms with Gasteiger partial charge in [-0.25, -0.2) is 13.2 Å². The number of aryl methyl sites for hydroxylation is 2. The Kier molecular flexibility index (Phi) is 6.41. The molecular weight excluding hydrogens is 425 g/mol. The van der Waals surface area contributed by atoms with Gasteiger partial charge in [0.15, 0.2) is 0 Å².